The maximum atomic E-state index is 10.8. The Balaban J connectivity index is 4.11. The molecule has 82 valence electrons. The predicted molar refractivity (Wildman–Crippen MR) is 55.9 cm³/mol. The van der Waals surface area contributed by atoms with Gasteiger partial charge >= 0.3 is 5.97 Å². The van der Waals surface area contributed by atoms with E-state index in [1.807, 2.05) is 6.92 Å². The number of aliphatic hydroxyl groups is 1. The molecule has 0 aromatic heterocycles. The van der Waals surface area contributed by atoms with Gasteiger partial charge in [0.1, 0.15) is 6.10 Å². The molecule has 0 heterocycles. The lowest BCUT2D eigenvalue weighted by Crippen LogP contribution is -2.24. The monoisotopic (exact) mass is 200 g/mol. The fraction of sp³-hybridized carbons (Fsp3) is 0.727. The number of esters is 1. The minimum absolute atomic E-state index is 0.279. The summed E-state index contributed by atoms with van der Waals surface area (Å²) >= 11 is 0. The summed E-state index contributed by atoms with van der Waals surface area (Å²) in [5.41, 5.74) is 0.0814. The standard InChI is InChI=1S/C11H20O3/c1-8(2)10(14-9(3)12)6-7-11(4,5)13/h10,13H,1,6-7H2,2-5H3. The van der Waals surface area contributed by atoms with Crippen molar-refractivity contribution in [2.75, 3.05) is 0 Å². The van der Waals surface area contributed by atoms with Crippen LogP contribution in [0.3, 0.4) is 0 Å². The Bertz CT molecular complexity index is 213. The molecule has 14 heavy (non-hydrogen) atoms. The first kappa shape index (κ1) is 13.2. The molecule has 0 aliphatic rings. The second-order valence-electron chi connectivity index (χ2n) is 4.30. The van der Waals surface area contributed by atoms with Gasteiger partial charge in [0.25, 0.3) is 0 Å². The van der Waals surface area contributed by atoms with Gasteiger partial charge < -0.3 is 9.84 Å². The van der Waals surface area contributed by atoms with Gasteiger partial charge in [-0.05, 0) is 39.2 Å². The van der Waals surface area contributed by atoms with Crippen molar-refractivity contribution in [1.82, 2.24) is 0 Å². The van der Waals surface area contributed by atoms with E-state index in [1.165, 1.54) is 6.92 Å². The summed E-state index contributed by atoms with van der Waals surface area (Å²) in [5, 5.41) is 9.51. The first-order chi connectivity index (χ1) is 6.22. The number of rotatable bonds is 5. The molecule has 1 N–H and O–H groups in total. The lowest BCUT2D eigenvalue weighted by atomic mass is 9.98. The van der Waals surface area contributed by atoms with Crippen LogP contribution >= 0.6 is 0 Å². The molecule has 0 saturated heterocycles. The number of carbonyl (C=O) groups is 1. The van der Waals surface area contributed by atoms with Crippen molar-refractivity contribution in [3.63, 3.8) is 0 Å². The van der Waals surface area contributed by atoms with Crippen LogP contribution in [0.4, 0.5) is 0 Å². The fourth-order valence-electron chi connectivity index (χ4n) is 1.09. The van der Waals surface area contributed by atoms with Crippen LogP contribution < -0.4 is 0 Å². The summed E-state index contributed by atoms with van der Waals surface area (Å²) in [6.45, 7) is 10.4. The van der Waals surface area contributed by atoms with Gasteiger partial charge in [-0.15, -0.1) is 0 Å². The molecule has 0 spiro atoms. The molecule has 0 aromatic carbocycles. The van der Waals surface area contributed by atoms with Gasteiger partial charge in [0.15, 0.2) is 0 Å². The number of hydrogen-bond acceptors (Lipinski definition) is 3. The van der Waals surface area contributed by atoms with Gasteiger partial charge in [-0.1, -0.05) is 6.58 Å². The van der Waals surface area contributed by atoms with E-state index in [4.69, 9.17) is 4.74 Å². The molecule has 0 aliphatic heterocycles. The van der Waals surface area contributed by atoms with E-state index in [9.17, 15) is 9.90 Å². The second-order valence-corrected chi connectivity index (χ2v) is 4.30. The normalized spacial score (nSPS) is 13.5. The van der Waals surface area contributed by atoms with Crippen molar-refractivity contribution in [1.29, 1.82) is 0 Å². The molecule has 3 nitrogen and oxygen atoms in total. The first-order valence-corrected chi connectivity index (χ1v) is 4.77. The van der Waals surface area contributed by atoms with Gasteiger partial charge in [-0.25, -0.2) is 0 Å². The summed E-state index contributed by atoms with van der Waals surface area (Å²) in [4.78, 5) is 10.8. The summed E-state index contributed by atoms with van der Waals surface area (Å²) in [6, 6.07) is 0. The zero-order valence-corrected chi connectivity index (χ0v) is 9.46. The lowest BCUT2D eigenvalue weighted by molar-refractivity contribution is -0.145. The highest BCUT2D eigenvalue weighted by molar-refractivity contribution is 5.66. The number of ether oxygens (including phenoxy) is 1. The highest BCUT2D eigenvalue weighted by atomic mass is 16.5. The molecule has 0 aliphatic carbocycles. The molecule has 0 bridgehead atoms. The average molecular weight is 200 g/mol. The van der Waals surface area contributed by atoms with Crippen LogP contribution in [-0.2, 0) is 9.53 Å². The van der Waals surface area contributed by atoms with Crippen LogP contribution in [0.2, 0.25) is 0 Å². The van der Waals surface area contributed by atoms with Crippen molar-refractivity contribution in [2.45, 2.75) is 52.2 Å². The molecule has 0 saturated carbocycles. The maximum absolute atomic E-state index is 10.8. The number of hydrogen-bond donors (Lipinski definition) is 1. The molecular weight excluding hydrogens is 180 g/mol. The van der Waals surface area contributed by atoms with E-state index in [1.54, 1.807) is 13.8 Å². The van der Waals surface area contributed by atoms with Gasteiger partial charge in [0, 0.05) is 6.92 Å². The van der Waals surface area contributed by atoms with Crippen LogP contribution in [0.1, 0.15) is 40.5 Å². The van der Waals surface area contributed by atoms with E-state index >= 15 is 0 Å². The zero-order chi connectivity index (χ0) is 11.4. The van der Waals surface area contributed by atoms with Crippen molar-refractivity contribution in [3.05, 3.63) is 12.2 Å². The Kier molecular flexibility index (Phi) is 4.85. The van der Waals surface area contributed by atoms with Gasteiger partial charge in [0.05, 0.1) is 5.60 Å². The van der Waals surface area contributed by atoms with Crippen LogP contribution in [0.15, 0.2) is 12.2 Å². The minimum atomic E-state index is -0.728. The maximum Gasteiger partial charge on any atom is 0.303 e. The predicted octanol–water partition coefficient (Wildman–Crippen LogP) is 2.05. The smallest absolute Gasteiger partial charge is 0.303 e. The van der Waals surface area contributed by atoms with Crippen molar-refractivity contribution < 1.29 is 14.6 Å². The molecule has 0 aromatic rings. The highest BCUT2D eigenvalue weighted by Gasteiger charge is 2.18. The molecule has 0 radical (unpaired) electrons. The van der Waals surface area contributed by atoms with Gasteiger partial charge in [0.2, 0.25) is 0 Å². The quantitative estimate of drug-likeness (QED) is 0.545. The Labute approximate surface area is 85.8 Å². The minimum Gasteiger partial charge on any atom is -0.458 e. The zero-order valence-electron chi connectivity index (χ0n) is 9.46. The number of carbonyl (C=O) groups excluding carboxylic acids is 1. The van der Waals surface area contributed by atoms with E-state index < -0.39 is 5.60 Å². The molecule has 0 fully saturated rings. The second kappa shape index (κ2) is 5.15. The van der Waals surface area contributed by atoms with Gasteiger partial charge in [-0.2, -0.15) is 0 Å². The summed E-state index contributed by atoms with van der Waals surface area (Å²) < 4.78 is 5.06. The third-order valence-corrected chi connectivity index (χ3v) is 1.88. The molecule has 0 amide bonds. The SMILES string of the molecule is C=C(C)C(CCC(C)(C)O)OC(C)=O. The Morgan fingerprint density at radius 3 is 2.29 bits per heavy atom. The largest absolute Gasteiger partial charge is 0.458 e. The van der Waals surface area contributed by atoms with Crippen LogP contribution in [0, 0.1) is 0 Å². The van der Waals surface area contributed by atoms with E-state index in [0.29, 0.717) is 12.8 Å². The van der Waals surface area contributed by atoms with Crippen molar-refractivity contribution in [2.24, 2.45) is 0 Å². The third kappa shape index (κ3) is 6.66. The Morgan fingerprint density at radius 1 is 1.50 bits per heavy atom. The fourth-order valence-corrected chi connectivity index (χ4v) is 1.09. The average Bonchev–Trinajstić information content (AvgIpc) is 1.94. The molecule has 0 rings (SSSR count). The van der Waals surface area contributed by atoms with Crippen molar-refractivity contribution in [3.8, 4) is 0 Å². The molecule has 3 heteroatoms. The molecule has 1 atom stereocenters. The van der Waals surface area contributed by atoms with Crippen LogP contribution in [0.5, 0.6) is 0 Å². The van der Waals surface area contributed by atoms with Crippen LogP contribution in [0.25, 0.3) is 0 Å². The van der Waals surface area contributed by atoms with E-state index in [-0.39, 0.29) is 12.1 Å². The molecule has 1 unspecified atom stereocenters. The van der Waals surface area contributed by atoms with Crippen molar-refractivity contribution >= 4 is 5.97 Å². The topological polar surface area (TPSA) is 46.5 Å². The van der Waals surface area contributed by atoms with Gasteiger partial charge in [-0.3, -0.25) is 4.79 Å². The molecular formula is C11H20O3. The third-order valence-electron chi connectivity index (χ3n) is 1.88. The Morgan fingerprint density at radius 2 is 2.00 bits per heavy atom. The summed E-state index contributed by atoms with van der Waals surface area (Å²) in [5.74, 6) is -0.311. The highest BCUT2D eigenvalue weighted by Crippen LogP contribution is 2.17. The first-order valence-electron chi connectivity index (χ1n) is 4.77. The lowest BCUT2D eigenvalue weighted by Gasteiger charge is -2.22. The summed E-state index contributed by atoms with van der Waals surface area (Å²) in [6.07, 6.45) is 0.912. The Hall–Kier alpha value is -0.830. The van der Waals surface area contributed by atoms with E-state index in [0.717, 1.165) is 5.57 Å². The van der Waals surface area contributed by atoms with Crippen LogP contribution in [-0.4, -0.2) is 22.8 Å². The van der Waals surface area contributed by atoms with E-state index in [2.05, 4.69) is 6.58 Å². The summed E-state index contributed by atoms with van der Waals surface area (Å²) in [7, 11) is 0.